The molecule has 3 rings (SSSR count). The fraction of sp³-hybridized carbons (Fsp3) is 0.0500. The Morgan fingerprint density at radius 1 is 1.00 bits per heavy atom. The summed E-state index contributed by atoms with van der Waals surface area (Å²) in [6, 6.07) is 15.7. The highest BCUT2D eigenvalue weighted by molar-refractivity contribution is 6.35. The number of carbonyl (C=O) groups excluding carboxylic acids is 2. The maximum atomic E-state index is 11.8. The molecule has 3 aromatic rings. The number of carbonyl (C=O) groups is 2. The zero-order valence-electron chi connectivity index (χ0n) is 15.0. The van der Waals surface area contributed by atoms with Crippen LogP contribution in [0.4, 0.5) is 11.4 Å². The SMILES string of the molecule is O=C(NCc1ccco1)C(=O)N/N=C\c1cc(Cl)ccc1Nc1cccc(Cl)c1. The highest BCUT2D eigenvalue weighted by Gasteiger charge is 2.12. The van der Waals surface area contributed by atoms with Gasteiger partial charge < -0.3 is 15.1 Å². The van der Waals surface area contributed by atoms with Crippen molar-refractivity contribution in [1.82, 2.24) is 10.7 Å². The third-order valence-corrected chi connectivity index (χ3v) is 4.17. The highest BCUT2D eigenvalue weighted by Crippen LogP contribution is 2.24. The van der Waals surface area contributed by atoms with Gasteiger partial charge in [-0.3, -0.25) is 9.59 Å². The number of nitrogens with zero attached hydrogens (tertiary/aromatic N) is 1. The molecule has 0 spiro atoms. The molecule has 0 unspecified atom stereocenters. The minimum absolute atomic E-state index is 0.102. The molecule has 0 radical (unpaired) electrons. The van der Waals surface area contributed by atoms with Crippen molar-refractivity contribution in [3.05, 3.63) is 82.2 Å². The summed E-state index contributed by atoms with van der Waals surface area (Å²) in [4.78, 5) is 23.6. The first-order chi connectivity index (χ1) is 14.0. The number of rotatable bonds is 6. The van der Waals surface area contributed by atoms with E-state index in [9.17, 15) is 9.59 Å². The number of nitrogens with one attached hydrogen (secondary N) is 3. The number of amides is 2. The molecular weight excluding hydrogens is 415 g/mol. The third-order valence-electron chi connectivity index (χ3n) is 3.70. The Bertz CT molecular complexity index is 1040. The van der Waals surface area contributed by atoms with E-state index in [0.717, 1.165) is 5.69 Å². The lowest BCUT2D eigenvalue weighted by Gasteiger charge is -2.10. The van der Waals surface area contributed by atoms with E-state index in [1.54, 1.807) is 42.5 Å². The molecule has 0 aliphatic heterocycles. The number of hydrogen-bond donors (Lipinski definition) is 3. The summed E-state index contributed by atoms with van der Waals surface area (Å²) >= 11 is 12.1. The summed E-state index contributed by atoms with van der Waals surface area (Å²) in [5, 5.41) is 10.5. The Morgan fingerprint density at radius 2 is 1.83 bits per heavy atom. The van der Waals surface area contributed by atoms with Crippen molar-refractivity contribution >= 4 is 52.6 Å². The molecule has 0 saturated carbocycles. The Morgan fingerprint density at radius 3 is 2.59 bits per heavy atom. The number of hydrazone groups is 1. The van der Waals surface area contributed by atoms with Crippen molar-refractivity contribution in [2.24, 2.45) is 5.10 Å². The van der Waals surface area contributed by atoms with Crippen LogP contribution in [-0.2, 0) is 16.1 Å². The molecule has 0 aliphatic rings. The van der Waals surface area contributed by atoms with Gasteiger partial charge in [-0.1, -0.05) is 29.3 Å². The molecule has 0 saturated heterocycles. The van der Waals surface area contributed by atoms with Crippen LogP contribution in [0.2, 0.25) is 10.0 Å². The lowest BCUT2D eigenvalue weighted by molar-refractivity contribution is -0.139. The van der Waals surface area contributed by atoms with Crippen LogP contribution >= 0.6 is 23.2 Å². The first kappa shape index (κ1) is 20.4. The Labute approximate surface area is 176 Å². The van der Waals surface area contributed by atoms with Crippen LogP contribution in [0, 0.1) is 0 Å². The third kappa shape index (κ3) is 6.10. The zero-order chi connectivity index (χ0) is 20.6. The molecule has 0 fully saturated rings. The predicted molar refractivity (Wildman–Crippen MR) is 112 cm³/mol. The molecule has 2 aromatic carbocycles. The van der Waals surface area contributed by atoms with Crippen LogP contribution in [0.5, 0.6) is 0 Å². The van der Waals surface area contributed by atoms with Crippen molar-refractivity contribution in [3.8, 4) is 0 Å². The van der Waals surface area contributed by atoms with E-state index in [0.29, 0.717) is 27.1 Å². The number of furan rings is 1. The number of benzene rings is 2. The summed E-state index contributed by atoms with van der Waals surface area (Å²) in [6.07, 6.45) is 2.86. The van der Waals surface area contributed by atoms with Crippen LogP contribution in [0.15, 0.2) is 70.4 Å². The Hall–Kier alpha value is -3.29. The monoisotopic (exact) mass is 430 g/mol. The van der Waals surface area contributed by atoms with Crippen molar-refractivity contribution in [2.45, 2.75) is 6.54 Å². The zero-order valence-corrected chi connectivity index (χ0v) is 16.5. The summed E-state index contributed by atoms with van der Waals surface area (Å²) in [6.45, 7) is 0.102. The molecule has 0 aliphatic carbocycles. The predicted octanol–water partition coefficient (Wildman–Crippen LogP) is 4.10. The van der Waals surface area contributed by atoms with Gasteiger partial charge in [0.2, 0.25) is 0 Å². The van der Waals surface area contributed by atoms with Crippen molar-refractivity contribution in [3.63, 3.8) is 0 Å². The smallest absolute Gasteiger partial charge is 0.329 e. The molecule has 0 atom stereocenters. The van der Waals surface area contributed by atoms with Gasteiger partial charge in [0, 0.05) is 27.0 Å². The summed E-state index contributed by atoms with van der Waals surface area (Å²) < 4.78 is 5.08. The van der Waals surface area contributed by atoms with E-state index in [2.05, 4.69) is 21.2 Å². The largest absolute Gasteiger partial charge is 0.467 e. The molecule has 148 valence electrons. The van der Waals surface area contributed by atoms with Gasteiger partial charge in [-0.15, -0.1) is 0 Å². The summed E-state index contributed by atoms with van der Waals surface area (Å²) in [5.74, 6) is -1.20. The minimum Gasteiger partial charge on any atom is -0.467 e. The standard InChI is InChI=1S/C20H16Cl2N4O3/c21-14-3-1-4-16(10-14)25-18-7-6-15(22)9-13(18)11-24-26-20(28)19(27)23-12-17-5-2-8-29-17/h1-11,25H,12H2,(H,23,27)(H,26,28)/b24-11-. The summed E-state index contributed by atoms with van der Waals surface area (Å²) in [7, 11) is 0. The topological polar surface area (TPSA) is 95.7 Å². The van der Waals surface area contributed by atoms with Gasteiger partial charge in [0.15, 0.2) is 0 Å². The normalized spacial score (nSPS) is 10.7. The van der Waals surface area contributed by atoms with Crippen molar-refractivity contribution < 1.29 is 14.0 Å². The van der Waals surface area contributed by atoms with E-state index in [4.69, 9.17) is 27.6 Å². The first-order valence-corrected chi connectivity index (χ1v) is 9.22. The van der Waals surface area contributed by atoms with Gasteiger partial charge in [0.1, 0.15) is 5.76 Å². The second kappa shape index (κ2) is 9.77. The van der Waals surface area contributed by atoms with Crippen LogP contribution in [0.3, 0.4) is 0 Å². The lowest BCUT2D eigenvalue weighted by Crippen LogP contribution is -2.37. The molecule has 1 heterocycles. The van der Waals surface area contributed by atoms with Crippen molar-refractivity contribution in [1.29, 1.82) is 0 Å². The van der Waals surface area contributed by atoms with E-state index in [1.807, 2.05) is 12.1 Å². The fourth-order valence-corrected chi connectivity index (χ4v) is 2.72. The van der Waals surface area contributed by atoms with Gasteiger partial charge in [-0.05, 0) is 48.5 Å². The van der Waals surface area contributed by atoms with Crippen LogP contribution in [0.25, 0.3) is 0 Å². The van der Waals surface area contributed by atoms with Gasteiger partial charge in [-0.2, -0.15) is 5.10 Å². The maximum absolute atomic E-state index is 11.8. The van der Waals surface area contributed by atoms with Crippen LogP contribution in [-0.4, -0.2) is 18.0 Å². The van der Waals surface area contributed by atoms with E-state index in [-0.39, 0.29) is 6.54 Å². The first-order valence-electron chi connectivity index (χ1n) is 8.47. The second-order valence-electron chi connectivity index (χ2n) is 5.83. The van der Waals surface area contributed by atoms with Crippen molar-refractivity contribution in [2.75, 3.05) is 5.32 Å². The number of hydrogen-bond acceptors (Lipinski definition) is 5. The summed E-state index contributed by atoms with van der Waals surface area (Å²) in [5.41, 5.74) is 4.25. The highest BCUT2D eigenvalue weighted by atomic mass is 35.5. The average Bonchev–Trinajstić information content (AvgIpc) is 3.21. The molecule has 9 heteroatoms. The number of anilines is 2. The quantitative estimate of drug-likeness (QED) is 0.311. The molecule has 1 aromatic heterocycles. The average molecular weight is 431 g/mol. The van der Waals surface area contributed by atoms with E-state index in [1.165, 1.54) is 12.5 Å². The molecule has 2 amide bonds. The van der Waals surface area contributed by atoms with Gasteiger partial charge in [0.05, 0.1) is 19.0 Å². The molecule has 3 N–H and O–H groups in total. The Kier molecular flexibility index (Phi) is 6.89. The van der Waals surface area contributed by atoms with Gasteiger partial charge in [0.25, 0.3) is 0 Å². The van der Waals surface area contributed by atoms with Gasteiger partial charge in [-0.25, -0.2) is 5.43 Å². The van der Waals surface area contributed by atoms with Crippen LogP contribution in [0.1, 0.15) is 11.3 Å². The maximum Gasteiger partial charge on any atom is 0.329 e. The van der Waals surface area contributed by atoms with Crippen LogP contribution < -0.4 is 16.1 Å². The Balaban J connectivity index is 1.62. The molecular formula is C20H16Cl2N4O3. The fourth-order valence-electron chi connectivity index (χ4n) is 2.35. The molecule has 0 bridgehead atoms. The van der Waals surface area contributed by atoms with E-state index >= 15 is 0 Å². The second-order valence-corrected chi connectivity index (χ2v) is 6.70. The van der Waals surface area contributed by atoms with E-state index < -0.39 is 11.8 Å². The molecule has 7 nitrogen and oxygen atoms in total. The minimum atomic E-state index is -0.904. The molecule has 29 heavy (non-hydrogen) atoms. The number of halogens is 2. The van der Waals surface area contributed by atoms with Gasteiger partial charge >= 0.3 is 11.8 Å². The lowest BCUT2D eigenvalue weighted by atomic mass is 10.2.